The van der Waals surface area contributed by atoms with Gasteiger partial charge in [-0.05, 0) is 45.1 Å². The molecule has 98 valence electrons. The highest BCUT2D eigenvalue weighted by atomic mass is 15.2. The standard InChI is InChI=1S/C13H21N5/c1-17-7-5-11(6-8-17)18(2)12-4-3-10(9-16-12)13(14)15/h3-4,9,11H,5-8H2,1-2H3,(H3,14,15). The van der Waals surface area contributed by atoms with Gasteiger partial charge in [0.15, 0.2) is 0 Å². The average molecular weight is 247 g/mol. The number of nitrogens with zero attached hydrogens (tertiary/aromatic N) is 3. The minimum atomic E-state index is 0.0657. The van der Waals surface area contributed by atoms with Crippen molar-refractivity contribution in [2.24, 2.45) is 5.73 Å². The fraction of sp³-hybridized carbons (Fsp3) is 0.538. The molecule has 0 aromatic carbocycles. The topological polar surface area (TPSA) is 69.2 Å². The van der Waals surface area contributed by atoms with E-state index in [2.05, 4.69) is 28.9 Å². The van der Waals surface area contributed by atoms with Crippen LogP contribution >= 0.6 is 0 Å². The van der Waals surface area contributed by atoms with Crippen LogP contribution in [0.15, 0.2) is 18.3 Å². The molecule has 1 fully saturated rings. The van der Waals surface area contributed by atoms with E-state index in [4.69, 9.17) is 11.1 Å². The Morgan fingerprint density at radius 2 is 2.11 bits per heavy atom. The van der Waals surface area contributed by atoms with Crippen LogP contribution in [0.5, 0.6) is 0 Å². The Morgan fingerprint density at radius 1 is 1.44 bits per heavy atom. The summed E-state index contributed by atoms with van der Waals surface area (Å²) in [5, 5.41) is 7.35. The molecule has 0 radical (unpaired) electrons. The second-order valence-corrected chi connectivity index (χ2v) is 4.96. The summed E-state index contributed by atoms with van der Waals surface area (Å²) in [4.78, 5) is 8.98. The lowest BCUT2D eigenvalue weighted by Gasteiger charge is -2.35. The van der Waals surface area contributed by atoms with Crippen molar-refractivity contribution in [2.45, 2.75) is 18.9 Å². The molecule has 1 aliphatic rings. The molecule has 18 heavy (non-hydrogen) atoms. The van der Waals surface area contributed by atoms with E-state index in [0.717, 1.165) is 18.9 Å². The van der Waals surface area contributed by atoms with E-state index in [-0.39, 0.29) is 5.84 Å². The first kappa shape index (κ1) is 12.8. The molecule has 0 aliphatic carbocycles. The number of amidine groups is 1. The van der Waals surface area contributed by atoms with Crippen LogP contribution < -0.4 is 10.6 Å². The molecule has 2 heterocycles. The summed E-state index contributed by atoms with van der Waals surface area (Å²) in [6.07, 6.45) is 4.01. The number of hydrogen-bond donors (Lipinski definition) is 2. The molecule has 1 aliphatic heterocycles. The van der Waals surface area contributed by atoms with Gasteiger partial charge in [0.1, 0.15) is 11.7 Å². The molecule has 0 unspecified atom stereocenters. The number of hydrogen-bond acceptors (Lipinski definition) is 4. The SMILES string of the molecule is CN1CCC(N(C)c2ccc(C(=N)N)cn2)CC1. The highest BCUT2D eigenvalue weighted by Gasteiger charge is 2.21. The Hall–Kier alpha value is -1.62. The first-order valence-electron chi connectivity index (χ1n) is 6.30. The first-order valence-corrected chi connectivity index (χ1v) is 6.30. The number of nitrogen functional groups attached to an aromatic ring is 1. The number of aromatic nitrogens is 1. The van der Waals surface area contributed by atoms with E-state index in [0.29, 0.717) is 11.6 Å². The van der Waals surface area contributed by atoms with Crippen LogP contribution in [0.2, 0.25) is 0 Å². The van der Waals surface area contributed by atoms with E-state index in [9.17, 15) is 0 Å². The lowest BCUT2D eigenvalue weighted by Crippen LogP contribution is -2.42. The van der Waals surface area contributed by atoms with Crippen LogP contribution in [0.3, 0.4) is 0 Å². The zero-order chi connectivity index (χ0) is 13.1. The van der Waals surface area contributed by atoms with Gasteiger partial charge in [0.05, 0.1) is 0 Å². The van der Waals surface area contributed by atoms with E-state index in [1.807, 2.05) is 12.1 Å². The fourth-order valence-electron chi connectivity index (χ4n) is 2.32. The zero-order valence-electron chi connectivity index (χ0n) is 11.1. The summed E-state index contributed by atoms with van der Waals surface area (Å²) in [7, 11) is 4.25. The predicted molar refractivity (Wildman–Crippen MR) is 74.2 cm³/mol. The maximum absolute atomic E-state index is 7.35. The molecule has 5 heteroatoms. The molecule has 1 aromatic heterocycles. The largest absolute Gasteiger partial charge is 0.384 e. The summed E-state index contributed by atoms with van der Waals surface area (Å²) < 4.78 is 0. The number of rotatable bonds is 3. The van der Waals surface area contributed by atoms with Crippen molar-refractivity contribution in [1.29, 1.82) is 5.41 Å². The third-order valence-electron chi connectivity index (χ3n) is 3.66. The molecule has 5 nitrogen and oxygen atoms in total. The zero-order valence-corrected chi connectivity index (χ0v) is 11.1. The van der Waals surface area contributed by atoms with Crippen molar-refractivity contribution in [3.05, 3.63) is 23.9 Å². The van der Waals surface area contributed by atoms with E-state index in [1.54, 1.807) is 6.20 Å². The van der Waals surface area contributed by atoms with Gasteiger partial charge >= 0.3 is 0 Å². The van der Waals surface area contributed by atoms with Gasteiger partial charge in [-0.3, -0.25) is 5.41 Å². The number of anilines is 1. The van der Waals surface area contributed by atoms with Crippen LogP contribution in [0.4, 0.5) is 5.82 Å². The maximum atomic E-state index is 7.35. The van der Waals surface area contributed by atoms with Gasteiger partial charge in [-0.2, -0.15) is 0 Å². The van der Waals surface area contributed by atoms with Crippen molar-refractivity contribution >= 4 is 11.7 Å². The third-order valence-corrected chi connectivity index (χ3v) is 3.66. The Balaban J connectivity index is 2.04. The van der Waals surface area contributed by atoms with Crippen LogP contribution in [-0.2, 0) is 0 Å². The molecule has 1 saturated heterocycles. The number of piperidine rings is 1. The molecular weight excluding hydrogens is 226 g/mol. The van der Waals surface area contributed by atoms with Gasteiger partial charge in [-0.25, -0.2) is 4.98 Å². The van der Waals surface area contributed by atoms with Crippen molar-refractivity contribution in [3.8, 4) is 0 Å². The molecule has 1 aromatic rings. The fourth-order valence-corrected chi connectivity index (χ4v) is 2.32. The lowest BCUT2D eigenvalue weighted by molar-refractivity contribution is 0.252. The number of nitrogens with one attached hydrogen (secondary N) is 1. The molecule has 2 rings (SSSR count). The van der Waals surface area contributed by atoms with Crippen molar-refractivity contribution in [1.82, 2.24) is 9.88 Å². The maximum Gasteiger partial charge on any atom is 0.128 e. The quantitative estimate of drug-likeness (QED) is 0.615. The summed E-state index contributed by atoms with van der Waals surface area (Å²) >= 11 is 0. The summed E-state index contributed by atoms with van der Waals surface area (Å²) in [6, 6.07) is 4.35. The third kappa shape index (κ3) is 2.79. The highest BCUT2D eigenvalue weighted by Crippen LogP contribution is 2.19. The summed E-state index contributed by atoms with van der Waals surface area (Å²) in [5.41, 5.74) is 6.10. The van der Waals surface area contributed by atoms with Crippen LogP contribution in [0.25, 0.3) is 0 Å². The smallest absolute Gasteiger partial charge is 0.128 e. The van der Waals surface area contributed by atoms with Gasteiger partial charge in [0.25, 0.3) is 0 Å². The lowest BCUT2D eigenvalue weighted by atomic mass is 10.0. The Bertz CT molecular complexity index is 406. The Labute approximate surface area is 108 Å². The van der Waals surface area contributed by atoms with Gasteiger partial charge in [0, 0.05) is 24.8 Å². The van der Waals surface area contributed by atoms with Crippen LogP contribution in [0.1, 0.15) is 18.4 Å². The molecule has 0 saturated carbocycles. The van der Waals surface area contributed by atoms with Crippen LogP contribution in [-0.4, -0.2) is 48.9 Å². The minimum absolute atomic E-state index is 0.0657. The van der Waals surface area contributed by atoms with E-state index >= 15 is 0 Å². The van der Waals surface area contributed by atoms with E-state index < -0.39 is 0 Å². The number of likely N-dealkylation sites (tertiary alicyclic amines) is 1. The van der Waals surface area contributed by atoms with Crippen molar-refractivity contribution < 1.29 is 0 Å². The second kappa shape index (κ2) is 5.35. The molecule has 0 amide bonds. The predicted octanol–water partition coefficient (Wildman–Crippen LogP) is 0.896. The minimum Gasteiger partial charge on any atom is -0.384 e. The van der Waals surface area contributed by atoms with E-state index in [1.165, 1.54) is 12.8 Å². The average Bonchev–Trinajstić information content (AvgIpc) is 2.39. The summed E-state index contributed by atoms with van der Waals surface area (Å²) in [5.74, 6) is 1.02. The molecular formula is C13H21N5. The molecule has 0 bridgehead atoms. The van der Waals surface area contributed by atoms with Crippen molar-refractivity contribution in [2.75, 3.05) is 32.1 Å². The number of nitrogens with two attached hydrogens (primary N) is 1. The highest BCUT2D eigenvalue weighted by molar-refractivity contribution is 5.94. The first-order chi connectivity index (χ1) is 8.58. The molecule has 0 spiro atoms. The van der Waals surface area contributed by atoms with Gasteiger partial charge in [-0.1, -0.05) is 0 Å². The Kier molecular flexibility index (Phi) is 3.81. The second-order valence-electron chi connectivity index (χ2n) is 4.96. The monoisotopic (exact) mass is 247 g/mol. The van der Waals surface area contributed by atoms with Gasteiger partial charge in [0.2, 0.25) is 0 Å². The number of pyridine rings is 1. The van der Waals surface area contributed by atoms with Gasteiger partial charge in [-0.15, -0.1) is 0 Å². The summed E-state index contributed by atoms with van der Waals surface area (Å²) in [6.45, 7) is 2.28. The molecule has 3 N–H and O–H groups in total. The molecule has 0 atom stereocenters. The van der Waals surface area contributed by atoms with Crippen LogP contribution in [0, 0.1) is 5.41 Å². The van der Waals surface area contributed by atoms with Gasteiger partial charge < -0.3 is 15.5 Å². The Morgan fingerprint density at radius 3 is 2.61 bits per heavy atom. The van der Waals surface area contributed by atoms with Crippen molar-refractivity contribution in [3.63, 3.8) is 0 Å². The normalized spacial score (nSPS) is 17.7.